The Kier molecular flexibility index (Phi) is 5.92. The van der Waals surface area contributed by atoms with Gasteiger partial charge in [0.05, 0.1) is 13.2 Å². The lowest BCUT2D eigenvalue weighted by Crippen LogP contribution is -2.03. The Morgan fingerprint density at radius 3 is 2.39 bits per heavy atom. The van der Waals surface area contributed by atoms with Crippen molar-refractivity contribution in [2.45, 2.75) is 33.6 Å². The van der Waals surface area contributed by atoms with Crippen molar-refractivity contribution in [2.75, 3.05) is 13.2 Å². The van der Waals surface area contributed by atoms with Gasteiger partial charge in [-0.15, -0.1) is 0 Å². The van der Waals surface area contributed by atoms with Crippen molar-refractivity contribution >= 4 is 14.4 Å². The molecule has 1 aromatic heterocycles. The van der Waals surface area contributed by atoms with Crippen LogP contribution in [0.25, 0.3) is 0 Å². The number of hydrogen-bond donors (Lipinski definition) is 0. The summed E-state index contributed by atoms with van der Waals surface area (Å²) >= 11 is 0. The minimum atomic E-state index is -1.33. The average Bonchev–Trinajstić information content (AvgIpc) is 2.71. The van der Waals surface area contributed by atoms with Crippen LogP contribution in [0, 0.1) is 0 Å². The van der Waals surface area contributed by atoms with Gasteiger partial charge in [-0.1, -0.05) is 13.8 Å². The summed E-state index contributed by atoms with van der Waals surface area (Å²) in [4.78, 5) is 11.5. The summed E-state index contributed by atoms with van der Waals surface area (Å²) in [5.74, 6) is 0.371. The Labute approximate surface area is 108 Å². The highest BCUT2D eigenvalue weighted by Gasteiger charge is 2.23. The van der Waals surface area contributed by atoms with Crippen molar-refractivity contribution in [1.29, 1.82) is 0 Å². The van der Waals surface area contributed by atoms with E-state index in [0.29, 0.717) is 24.8 Å². The van der Waals surface area contributed by atoms with Gasteiger partial charge in [0.2, 0.25) is 5.75 Å². The van der Waals surface area contributed by atoms with Crippen LogP contribution in [0.3, 0.4) is 0 Å². The van der Waals surface area contributed by atoms with Crippen molar-refractivity contribution in [3.8, 4) is 11.6 Å². The van der Waals surface area contributed by atoms with E-state index in [0.717, 1.165) is 12.8 Å². The second kappa shape index (κ2) is 7.21. The number of aromatic nitrogens is 2. The zero-order valence-electron chi connectivity index (χ0n) is 10.9. The fourth-order valence-corrected chi connectivity index (χ4v) is 1.82. The van der Waals surface area contributed by atoms with Gasteiger partial charge < -0.3 is 14.0 Å². The van der Waals surface area contributed by atoms with Crippen molar-refractivity contribution in [1.82, 2.24) is 9.55 Å². The molecule has 0 spiro atoms. The Morgan fingerprint density at radius 2 is 1.89 bits per heavy atom. The molecule has 1 heterocycles. The second-order valence-electron chi connectivity index (χ2n) is 3.79. The van der Waals surface area contributed by atoms with Gasteiger partial charge in [-0.05, 0) is 12.8 Å². The summed E-state index contributed by atoms with van der Waals surface area (Å²) in [6.45, 7) is 6.25. The number of carbonyl (C=O) groups excluding carboxylic acids is 1. The lowest BCUT2D eigenvalue weighted by molar-refractivity contribution is 0.100. The van der Waals surface area contributed by atoms with Gasteiger partial charge in [0.15, 0.2) is 20.1 Å². The van der Waals surface area contributed by atoms with Crippen LogP contribution in [0.15, 0.2) is 0 Å². The zero-order valence-corrected chi connectivity index (χ0v) is 12.1. The molecule has 0 aromatic carbocycles. The largest absolute Gasteiger partial charge is 0.486 e. The predicted octanol–water partition coefficient (Wildman–Crippen LogP) is 2.18. The third-order valence-corrected chi connectivity index (χ3v) is 2.70. The third-order valence-electron chi connectivity index (χ3n) is 2.15. The molecule has 0 fully saturated rings. The molecule has 0 aliphatic heterocycles. The van der Waals surface area contributed by atoms with E-state index in [9.17, 15) is 9.36 Å². The minimum Gasteiger partial charge on any atom is -0.486 e. The summed E-state index contributed by atoms with van der Waals surface area (Å²) in [6, 6.07) is 0. The van der Waals surface area contributed by atoms with E-state index in [1.54, 1.807) is 0 Å². The number of nitrogens with zero attached hydrogens (tertiary/aromatic N) is 2. The van der Waals surface area contributed by atoms with Crippen molar-refractivity contribution in [2.24, 2.45) is 0 Å². The van der Waals surface area contributed by atoms with Gasteiger partial charge in [0, 0.05) is 6.92 Å². The van der Waals surface area contributed by atoms with Gasteiger partial charge in [0.25, 0.3) is 5.88 Å². The van der Waals surface area contributed by atoms with Crippen LogP contribution < -0.4 is 9.47 Å². The SMILES string of the molecule is CCCOc1c(C(C)=O)nn([PH2]=O)c1OCCC. The molecule has 0 radical (unpaired) electrons. The Hall–Kier alpha value is -1.29. The van der Waals surface area contributed by atoms with E-state index in [2.05, 4.69) is 5.10 Å². The molecule has 0 aliphatic carbocycles. The van der Waals surface area contributed by atoms with Crippen LogP contribution in [-0.4, -0.2) is 28.5 Å². The molecule has 1 rings (SSSR count). The first-order valence-electron chi connectivity index (χ1n) is 6.00. The number of ether oxygens (including phenoxy) is 2. The number of ketones is 1. The van der Waals surface area contributed by atoms with Gasteiger partial charge in [-0.3, -0.25) is 4.79 Å². The van der Waals surface area contributed by atoms with E-state index in [-0.39, 0.29) is 11.5 Å². The smallest absolute Gasteiger partial charge is 0.262 e. The average molecular weight is 274 g/mol. The molecule has 0 bridgehead atoms. The normalized spacial score (nSPS) is 11.1. The fourth-order valence-electron chi connectivity index (χ4n) is 1.37. The van der Waals surface area contributed by atoms with E-state index in [1.807, 2.05) is 13.8 Å². The quantitative estimate of drug-likeness (QED) is 0.536. The molecule has 0 amide bonds. The van der Waals surface area contributed by atoms with Crippen LogP contribution >= 0.6 is 8.61 Å². The lowest BCUT2D eigenvalue weighted by Gasteiger charge is -2.08. The highest BCUT2D eigenvalue weighted by molar-refractivity contribution is 7.21. The molecular weight excluding hydrogens is 255 g/mol. The van der Waals surface area contributed by atoms with Gasteiger partial charge in [-0.25, -0.2) is 0 Å². The molecule has 1 unspecified atom stereocenters. The maximum atomic E-state index is 11.5. The molecule has 0 saturated carbocycles. The Morgan fingerprint density at radius 1 is 1.28 bits per heavy atom. The van der Waals surface area contributed by atoms with Crippen LogP contribution in [0.1, 0.15) is 44.1 Å². The van der Waals surface area contributed by atoms with Crippen molar-refractivity contribution in [3.63, 3.8) is 0 Å². The number of rotatable bonds is 8. The Balaban J connectivity index is 3.15. The summed E-state index contributed by atoms with van der Waals surface area (Å²) in [5.41, 5.74) is 0.179. The van der Waals surface area contributed by atoms with Crippen LogP contribution in [-0.2, 0) is 4.57 Å². The number of carbonyl (C=O) groups is 1. The van der Waals surface area contributed by atoms with E-state index >= 15 is 0 Å². The summed E-state index contributed by atoms with van der Waals surface area (Å²) in [6.07, 6.45) is 1.61. The maximum absolute atomic E-state index is 11.5. The van der Waals surface area contributed by atoms with Gasteiger partial charge >= 0.3 is 0 Å². The van der Waals surface area contributed by atoms with Crippen LogP contribution in [0.5, 0.6) is 11.6 Å². The van der Waals surface area contributed by atoms with Crippen LogP contribution in [0.2, 0.25) is 0 Å². The summed E-state index contributed by atoms with van der Waals surface area (Å²) < 4.78 is 23.3. The molecule has 0 saturated heterocycles. The lowest BCUT2D eigenvalue weighted by atomic mass is 10.3. The highest BCUT2D eigenvalue weighted by atomic mass is 31.1. The second-order valence-corrected chi connectivity index (χ2v) is 4.49. The number of hydrogen-bond acceptors (Lipinski definition) is 5. The number of Topliss-reactive ketones (excluding diaryl/α,β-unsaturated/α-hetero) is 1. The van der Waals surface area contributed by atoms with E-state index in [1.165, 1.54) is 11.4 Å². The maximum Gasteiger partial charge on any atom is 0.262 e. The first-order valence-corrected chi connectivity index (χ1v) is 6.98. The van der Waals surface area contributed by atoms with Gasteiger partial charge in [0.1, 0.15) is 0 Å². The highest BCUT2D eigenvalue weighted by Crippen LogP contribution is 2.34. The molecule has 7 heteroatoms. The summed E-state index contributed by atoms with van der Waals surface area (Å²) in [5, 5.41) is 3.98. The zero-order chi connectivity index (χ0) is 13.5. The molecule has 1 atom stereocenters. The third kappa shape index (κ3) is 3.35. The fraction of sp³-hybridized carbons (Fsp3) is 0.636. The first-order chi connectivity index (χ1) is 8.65. The van der Waals surface area contributed by atoms with Gasteiger partial charge in [-0.2, -0.15) is 9.55 Å². The molecule has 6 nitrogen and oxygen atoms in total. The first kappa shape index (κ1) is 14.8. The molecule has 102 valence electrons. The molecule has 18 heavy (non-hydrogen) atoms. The van der Waals surface area contributed by atoms with Crippen molar-refractivity contribution in [3.05, 3.63) is 5.69 Å². The predicted molar refractivity (Wildman–Crippen MR) is 69.6 cm³/mol. The molecular formula is C11H19N2O4P. The molecule has 0 aliphatic rings. The van der Waals surface area contributed by atoms with E-state index in [4.69, 9.17) is 9.47 Å². The monoisotopic (exact) mass is 274 g/mol. The standard InChI is InChI=1S/C11H19N2O4P/c1-4-6-16-10-9(8(3)14)12-13(18-15)11(10)17-7-5-2/h4-7,18H2,1-3H3. The molecule has 0 N–H and O–H groups in total. The van der Waals surface area contributed by atoms with E-state index < -0.39 is 8.61 Å². The van der Waals surface area contributed by atoms with Crippen molar-refractivity contribution < 1.29 is 18.8 Å². The topological polar surface area (TPSA) is 70.4 Å². The van der Waals surface area contributed by atoms with Crippen LogP contribution in [0.4, 0.5) is 0 Å². The minimum absolute atomic E-state index is 0.179. The summed E-state index contributed by atoms with van der Waals surface area (Å²) in [7, 11) is -1.33. The molecule has 1 aromatic rings. The Bertz CT molecular complexity index is 431.